The van der Waals surface area contributed by atoms with Gasteiger partial charge in [0, 0.05) is 30.0 Å². The van der Waals surface area contributed by atoms with Gasteiger partial charge in [0.15, 0.2) is 17.3 Å². The maximum atomic E-state index is 13.3. The van der Waals surface area contributed by atoms with Crippen LogP contribution in [0.15, 0.2) is 46.1 Å². The van der Waals surface area contributed by atoms with Gasteiger partial charge >= 0.3 is 0 Å². The summed E-state index contributed by atoms with van der Waals surface area (Å²) in [7, 11) is 0. The monoisotopic (exact) mass is 523 g/mol. The molecular weight excluding hydrogens is 505 g/mol. The number of nitrogens with one attached hydrogen (secondary N) is 1. The van der Waals surface area contributed by atoms with Crippen LogP contribution >= 0.6 is 39.1 Å². The zero-order chi connectivity index (χ0) is 22.3. The van der Waals surface area contributed by atoms with E-state index >= 15 is 0 Å². The standard InChI is InChI=1S/C23H20BrCl2NO4/c1-2-31-20-9-13(5-15(24)23(20)30)14-10-21(29)27-18-7-12(8-19(28)22(14)18)11-3-4-16(25)17(26)6-11/h3-6,9,12,14,30H,2,7-8,10H2,1H3,(H,27,29). The van der Waals surface area contributed by atoms with E-state index in [0.29, 0.717) is 51.0 Å². The third kappa shape index (κ3) is 4.34. The van der Waals surface area contributed by atoms with Gasteiger partial charge in [0.25, 0.3) is 0 Å². The highest BCUT2D eigenvalue weighted by Gasteiger charge is 2.38. The number of ketones is 1. The van der Waals surface area contributed by atoms with Crippen LogP contribution in [0.5, 0.6) is 11.5 Å². The number of carbonyl (C=O) groups is 2. The second-order valence-corrected chi connectivity index (χ2v) is 9.35. The molecule has 1 aliphatic carbocycles. The van der Waals surface area contributed by atoms with Crippen molar-refractivity contribution in [1.82, 2.24) is 5.32 Å². The highest BCUT2D eigenvalue weighted by molar-refractivity contribution is 9.10. The number of aromatic hydroxyl groups is 1. The maximum absolute atomic E-state index is 13.3. The minimum absolute atomic E-state index is 0.00489. The maximum Gasteiger partial charge on any atom is 0.225 e. The first-order valence-corrected chi connectivity index (χ1v) is 11.5. The molecule has 1 heterocycles. The van der Waals surface area contributed by atoms with E-state index in [1.54, 1.807) is 24.3 Å². The van der Waals surface area contributed by atoms with Crippen molar-refractivity contribution in [2.45, 2.75) is 38.0 Å². The molecule has 0 spiro atoms. The Morgan fingerprint density at radius 3 is 2.58 bits per heavy atom. The molecule has 2 aromatic rings. The third-order valence-electron chi connectivity index (χ3n) is 5.70. The van der Waals surface area contributed by atoms with E-state index < -0.39 is 5.92 Å². The molecule has 1 amide bonds. The van der Waals surface area contributed by atoms with Crippen LogP contribution in [0.1, 0.15) is 49.1 Å². The number of allylic oxidation sites excluding steroid dienone is 2. The van der Waals surface area contributed by atoms with Crippen molar-refractivity contribution in [3.8, 4) is 11.5 Å². The second-order valence-electron chi connectivity index (χ2n) is 7.68. The van der Waals surface area contributed by atoms with E-state index in [-0.39, 0.29) is 29.8 Å². The van der Waals surface area contributed by atoms with Crippen LogP contribution in [-0.4, -0.2) is 23.4 Å². The van der Waals surface area contributed by atoms with Gasteiger partial charge in [-0.1, -0.05) is 29.3 Å². The lowest BCUT2D eigenvalue weighted by Crippen LogP contribution is -2.38. The molecule has 0 fully saturated rings. The Morgan fingerprint density at radius 1 is 1.10 bits per heavy atom. The van der Waals surface area contributed by atoms with Crippen LogP contribution in [0.4, 0.5) is 0 Å². The fourth-order valence-electron chi connectivity index (χ4n) is 4.31. The van der Waals surface area contributed by atoms with Crippen molar-refractivity contribution in [3.05, 3.63) is 67.2 Å². The molecule has 8 heteroatoms. The summed E-state index contributed by atoms with van der Waals surface area (Å²) in [5, 5.41) is 14.0. The number of hydrogen-bond donors (Lipinski definition) is 2. The molecule has 0 saturated carbocycles. The van der Waals surface area contributed by atoms with Crippen LogP contribution < -0.4 is 10.1 Å². The number of Topliss-reactive ketones (excluding diaryl/α,β-unsaturated/α-hetero) is 1. The van der Waals surface area contributed by atoms with Crippen molar-refractivity contribution < 1.29 is 19.4 Å². The summed E-state index contributed by atoms with van der Waals surface area (Å²) in [6.07, 6.45) is 1.00. The minimum Gasteiger partial charge on any atom is -0.503 e. The Bertz CT molecular complexity index is 1110. The van der Waals surface area contributed by atoms with Crippen LogP contribution in [0.3, 0.4) is 0 Å². The molecule has 5 nitrogen and oxygen atoms in total. The van der Waals surface area contributed by atoms with Gasteiger partial charge in [0.1, 0.15) is 0 Å². The molecule has 2 unspecified atom stereocenters. The van der Waals surface area contributed by atoms with Crippen molar-refractivity contribution in [1.29, 1.82) is 0 Å². The Labute approximate surface area is 198 Å². The molecule has 2 N–H and O–H groups in total. The van der Waals surface area contributed by atoms with Gasteiger partial charge in [-0.3, -0.25) is 9.59 Å². The smallest absolute Gasteiger partial charge is 0.225 e. The molecule has 2 aromatic carbocycles. The zero-order valence-electron chi connectivity index (χ0n) is 16.7. The van der Waals surface area contributed by atoms with Crippen molar-refractivity contribution in [3.63, 3.8) is 0 Å². The Hall–Kier alpha value is -2.02. The lowest BCUT2D eigenvalue weighted by atomic mass is 9.73. The van der Waals surface area contributed by atoms with Gasteiger partial charge < -0.3 is 15.2 Å². The Kier molecular flexibility index (Phi) is 6.33. The van der Waals surface area contributed by atoms with Gasteiger partial charge in [-0.2, -0.15) is 0 Å². The number of halogens is 3. The van der Waals surface area contributed by atoms with Crippen molar-refractivity contribution in [2.24, 2.45) is 0 Å². The number of amides is 1. The number of phenols is 1. The topological polar surface area (TPSA) is 75.6 Å². The van der Waals surface area contributed by atoms with Crippen LogP contribution in [0.25, 0.3) is 0 Å². The summed E-state index contributed by atoms with van der Waals surface area (Å²) >= 11 is 15.5. The molecule has 162 valence electrons. The number of ether oxygens (including phenoxy) is 1. The van der Waals surface area contributed by atoms with E-state index in [9.17, 15) is 14.7 Å². The average molecular weight is 525 g/mol. The van der Waals surface area contributed by atoms with E-state index in [2.05, 4.69) is 21.2 Å². The lowest BCUT2D eigenvalue weighted by Gasteiger charge is -2.34. The van der Waals surface area contributed by atoms with Crippen molar-refractivity contribution in [2.75, 3.05) is 6.61 Å². The fraction of sp³-hybridized carbons (Fsp3) is 0.304. The first-order valence-electron chi connectivity index (χ1n) is 9.94. The highest BCUT2D eigenvalue weighted by atomic mass is 79.9. The first kappa shape index (κ1) is 22.2. The molecule has 1 aliphatic heterocycles. The molecule has 0 bridgehead atoms. The number of rotatable bonds is 4. The van der Waals surface area contributed by atoms with E-state index in [4.69, 9.17) is 27.9 Å². The summed E-state index contributed by atoms with van der Waals surface area (Å²) in [6, 6.07) is 8.81. The Morgan fingerprint density at radius 2 is 1.87 bits per heavy atom. The van der Waals surface area contributed by atoms with Gasteiger partial charge in [-0.05, 0) is 70.6 Å². The quantitative estimate of drug-likeness (QED) is 0.524. The molecule has 4 rings (SSSR count). The molecule has 0 aromatic heterocycles. The summed E-state index contributed by atoms with van der Waals surface area (Å²) in [5.74, 6) is -0.336. The predicted octanol–water partition coefficient (Wildman–Crippen LogP) is 5.86. The SMILES string of the molecule is CCOc1cc(C2CC(=O)NC3=C2C(=O)CC(c2ccc(Cl)c(Cl)c2)C3)cc(Br)c1O. The van der Waals surface area contributed by atoms with Crippen LogP contribution in [0.2, 0.25) is 10.0 Å². The van der Waals surface area contributed by atoms with E-state index in [1.807, 2.05) is 13.0 Å². The predicted molar refractivity (Wildman–Crippen MR) is 123 cm³/mol. The molecular formula is C23H20BrCl2NO4. The van der Waals surface area contributed by atoms with Crippen molar-refractivity contribution >= 4 is 50.8 Å². The number of benzene rings is 2. The molecule has 2 atom stereocenters. The highest BCUT2D eigenvalue weighted by Crippen LogP contribution is 2.46. The minimum atomic E-state index is -0.401. The number of hydrogen-bond acceptors (Lipinski definition) is 4. The average Bonchev–Trinajstić information content (AvgIpc) is 2.72. The van der Waals surface area contributed by atoms with E-state index in [0.717, 1.165) is 11.1 Å². The summed E-state index contributed by atoms with van der Waals surface area (Å²) in [6.45, 7) is 2.20. The largest absolute Gasteiger partial charge is 0.503 e. The molecule has 0 radical (unpaired) electrons. The fourth-order valence-corrected chi connectivity index (χ4v) is 5.07. The Balaban J connectivity index is 1.73. The third-order valence-corrected chi connectivity index (χ3v) is 7.05. The van der Waals surface area contributed by atoms with Gasteiger partial charge in [-0.25, -0.2) is 0 Å². The number of carbonyl (C=O) groups excluding carboxylic acids is 2. The first-order chi connectivity index (χ1) is 14.8. The van der Waals surface area contributed by atoms with Crippen LogP contribution in [-0.2, 0) is 9.59 Å². The summed E-state index contributed by atoms with van der Waals surface area (Å²) < 4.78 is 5.99. The summed E-state index contributed by atoms with van der Waals surface area (Å²) in [5.41, 5.74) is 2.93. The van der Waals surface area contributed by atoms with Crippen LogP contribution in [0, 0.1) is 0 Å². The molecule has 2 aliphatic rings. The zero-order valence-corrected chi connectivity index (χ0v) is 19.8. The number of phenolic OH excluding ortho intramolecular Hbond substituents is 1. The molecule has 31 heavy (non-hydrogen) atoms. The molecule has 0 saturated heterocycles. The van der Waals surface area contributed by atoms with Gasteiger partial charge in [0.05, 0.1) is 21.1 Å². The lowest BCUT2D eigenvalue weighted by molar-refractivity contribution is -0.122. The van der Waals surface area contributed by atoms with Gasteiger partial charge in [-0.15, -0.1) is 0 Å². The second kappa shape index (κ2) is 8.85. The van der Waals surface area contributed by atoms with E-state index in [1.165, 1.54) is 0 Å². The normalized spacial score (nSPS) is 21.0. The summed E-state index contributed by atoms with van der Waals surface area (Å²) in [4.78, 5) is 25.8. The van der Waals surface area contributed by atoms with Gasteiger partial charge in [0.2, 0.25) is 5.91 Å².